The molecule has 2 aromatic heterocycles. The van der Waals surface area contributed by atoms with Crippen LogP contribution in [0.2, 0.25) is 0 Å². The van der Waals surface area contributed by atoms with E-state index in [0.29, 0.717) is 0 Å². The van der Waals surface area contributed by atoms with Gasteiger partial charge < -0.3 is 5.32 Å². The topological polar surface area (TPSA) is 42.7 Å². The van der Waals surface area contributed by atoms with E-state index >= 15 is 0 Å². The highest BCUT2D eigenvalue weighted by molar-refractivity contribution is 5.27. The molecule has 0 bridgehead atoms. The van der Waals surface area contributed by atoms with Crippen LogP contribution in [0.25, 0.3) is 0 Å². The van der Waals surface area contributed by atoms with E-state index in [4.69, 9.17) is 0 Å². The van der Waals surface area contributed by atoms with Crippen LogP contribution in [0.5, 0.6) is 0 Å². The summed E-state index contributed by atoms with van der Waals surface area (Å²) in [5, 5.41) is 8.05. The molecule has 0 aliphatic heterocycles. The quantitative estimate of drug-likeness (QED) is 0.896. The van der Waals surface area contributed by atoms with Crippen LogP contribution in [0.4, 0.5) is 0 Å². The molecular weight excluding hydrogens is 236 g/mol. The summed E-state index contributed by atoms with van der Waals surface area (Å²) in [4.78, 5) is 4.40. The Labute approximate surface area is 114 Å². The zero-order chi connectivity index (χ0) is 13.8. The normalized spacial score (nSPS) is 12.6. The first kappa shape index (κ1) is 13.7. The molecule has 19 heavy (non-hydrogen) atoms. The van der Waals surface area contributed by atoms with Crippen LogP contribution >= 0.6 is 0 Å². The Morgan fingerprint density at radius 1 is 1.21 bits per heavy atom. The fourth-order valence-electron chi connectivity index (χ4n) is 2.30. The second-order valence-electron chi connectivity index (χ2n) is 4.75. The summed E-state index contributed by atoms with van der Waals surface area (Å²) >= 11 is 0. The molecule has 0 aromatic carbocycles. The summed E-state index contributed by atoms with van der Waals surface area (Å²) in [7, 11) is 0. The van der Waals surface area contributed by atoms with Crippen molar-refractivity contribution >= 4 is 0 Å². The Hall–Kier alpha value is -1.68. The third-order valence-electron chi connectivity index (χ3n) is 3.20. The first-order valence-electron chi connectivity index (χ1n) is 6.86. The fourth-order valence-corrected chi connectivity index (χ4v) is 2.30. The van der Waals surface area contributed by atoms with Crippen molar-refractivity contribution in [1.82, 2.24) is 20.1 Å². The number of aromatic nitrogens is 3. The van der Waals surface area contributed by atoms with Gasteiger partial charge in [0, 0.05) is 18.4 Å². The molecule has 0 aliphatic carbocycles. The molecule has 2 heterocycles. The lowest BCUT2D eigenvalue weighted by molar-refractivity contribution is 0.540. The second kappa shape index (κ2) is 5.97. The Morgan fingerprint density at radius 3 is 2.58 bits per heavy atom. The molecule has 0 fully saturated rings. The predicted molar refractivity (Wildman–Crippen MR) is 77.1 cm³/mol. The first-order valence-corrected chi connectivity index (χ1v) is 6.86. The van der Waals surface area contributed by atoms with Crippen molar-refractivity contribution in [2.75, 3.05) is 6.54 Å². The SMILES string of the molecule is CCNC(c1ccc(C)nc1)c1cc(C)nn1CC. The molecule has 1 N–H and O–H groups in total. The lowest BCUT2D eigenvalue weighted by Crippen LogP contribution is -2.25. The van der Waals surface area contributed by atoms with E-state index in [0.717, 1.165) is 24.5 Å². The molecule has 4 nitrogen and oxygen atoms in total. The number of hydrogen-bond acceptors (Lipinski definition) is 3. The lowest BCUT2D eigenvalue weighted by Gasteiger charge is -2.19. The Morgan fingerprint density at radius 2 is 2.00 bits per heavy atom. The largest absolute Gasteiger partial charge is 0.305 e. The van der Waals surface area contributed by atoms with Gasteiger partial charge in [-0.1, -0.05) is 13.0 Å². The van der Waals surface area contributed by atoms with E-state index in [9.17, 15) is 0 Å². The van der Waals surface area contributed by atoms with E-state index in [1.165, 1.54) is 11.3 Å². The predicted octanol–water partition coefficient (Wildman–Crippen LogP) is 2.61. The molecule has 2 rings (SSSR count). The monoisotopic (exact) mass is 258 g/mol. The third kappa shape index (κ3) is 3.01. The van der Waals surface area contributed by atoms with Gasteiger partial charge in [0.15, 0.2) is 0 Å². The van der Waals surface area contributed by atoms with Crippen LogP contribution < -0.4 is 5.32 Å². The summed E-state index contributed by atoms with van der Waals surface area (Å²) < 4.78 is 2.06. The maximum atomic E-state index is 4.53. The number of hydrogen-bond donors (Lipinski definition) is 1. The molecule has 102 valence electrons. The van der Waals surface area contributed by atoms with E-state index in [-0.39, 0.29) is 6.04 Å². The molecule has 0 amide bonds. The van der Waals surface area contributed by atoms with Gasteiger partial charge in [0.1, 0.15) is 0 Å². The zero-order valence-corrected chi connectivity index (χ0v) is 12.1. The van der Waals surface area contributed by atoms with Crippen LogP contribution in [0, 0.1) is 13.8 Å². The molecule has 0 spiro atoms. The number of nitrogens with zero attached hydrogens (tertiary/aromatic N) is 3. The molecule has 0 aliphatic rings. The number of pyridine rings is 1. The minimum Gasteiger partial charge on any atom is -0.305 e. The summed E-state index contributed by atoms with van der Waals surface area (Å²) in [6.45, 7) is 10.1. The van der Waals surface area contributed by atoms with Gasteiger partial charge in [-0.3, -0.25) is 9.67 Å². The fraction of sp³-hybridized carbons (Fsp3) is 0.467. The summed E-state index contributed by atoms with van der Waals surface area (Å²) in [6, 6.07) is 6.49. The molecule has 4 heteroatoms. The van der Waals surface area contributed by atoms with Crippen LogP contribution in [0.15, 0.2) is 24.4 Å². The summed E-state index contributed by atoms with van der Waals surface area (Å²) in [5.41, 5.74) is 4.48. The van der Waals surface area contributed by atoms with Crippen LogP contribution in [0.3, 0.4) is 0 Å². The average Bonchev–Trinajstić information content (AvgIpc) is 2.78. The minimum atomic E-state index is 0.152. The molecule has 0 saturated carbocycles. The molecule has 1 unspecified atom stereocenters. The van der Waals surface area contributed by atoms with Crippen LogP contribution in [0.1, 0.15) is 42.5 Å². The van der Waals surface area contributed by atoms with Gasteiger partial charge in [0.25, 0.3) is 0 Å². The van der Waals surface area contributed by atoms with Crippen LogP contribution in [-0.2, 0) is 6.54 Å². The van der Waals surface area contributed by atoms with Gasteiger partial charge in [-0.2, -0.15) is 5.10 Å². The summed E-state index contributed by atoms with van der Waals surface area (Å²) in [5.74, 6) is 0. The van der Waals surface area contributed by atoms with E-state index in [1.54, 1.807) is 0 Å². The van der Waals surface area contributed by atoms with Gasteiger partial charge in [-0.15, -0.1) is 0 Å². The maximum absolute atomic E-state index is 4.53. The Bertz CT molecular complexity index is 528. The van der Waals surface area contributed by atoms with Crippen molar-refractivity contribution in [3.8, 4) is 0 Å². The highest BCUT2D eigenvalue weighted by Crippen LogP contribution is 2.22. The van der Waals surface area contributed by atoms with Crippen molar-refractivity contribution < 1.29 is 0 Å². The number of nitrogens with one attached hydrogen (secondary N) is 1. The van der Waals surface area contributed by atoms with Crippen molar-refractivity contribution in [3.05, 3.63) is 47.0 Å². The molecule has 1 atom stereocenters. The molecule has 2 aromatic rings. The van der Waals surface area contributed by atoms with Gasteiger partial charge in [0.05, 0.1) is 17.4 Å². The van der Waals surface area contributed by atoms with Gasteiger partial charge in [-0.05, 0) is 45.0 Å². The third-order valence-corrected chi connectivity index (χ3v) is 3.20. The van der Waals surface area contributed by atoms with Gasteiger partial charge in [0.2, 0.25) is 0 Å². The first-order chi connectivity index (χ1) is 9.15. The molecular formula is C15H22N4. The van der Waals surface area contributed by atoms with E-state index in [1.807, 2.05) is 20.0 Å². The standard InChI is InChI=1S/C15H22N4/c1-5-16-15(13-8-7-11(3)17-10-13)14-9-12(4)18-19(14)6-2/h7-10,15-16H,5-6H2,1-4H3. The second-order valence-corrected chi connectivity index (χ2v) is 4.75. The lowest BCUT2D eigenvalue weighted by atomic mass is 10.0. The zero-order valence-electron chi connectivity index (χ0n) is 12.1. The van der Waals surface area contributed by atoms with Gasteiger partial charge in [-0.25, -0.2) is 0 Å². The highest BCUT2D eigenvalue weighted by Gasteiger charge is 2.18. The smallest absolute Gasteiger partial charge is 0.0763 e. The Kier molecular flexibility index (Phi) is 4.32. The Balaban J connectivity index is 2.41. The van der Waals surface area contributed by atoms with Crippen molar-refractivity contribution in [3.63, 3.8) is 0 Å². The number of rotatable bonds is 5. The van der Waals surface area contributed by atoms with Crippen molar-refractivity contribution in [2.45, 2.75) is 40.3 Å². The van der Waals surface area contributed by atoms with Crippen molar-refractivity contribution in [1.29, 1.82) is 0 Å². The van der Waals surface area contributed by atoms with E-state index in [2.05, 4.69) is 52.1 Å². The van der Waals surface area contributed by atoms with Gasteiger partial charge >= 0.3 is 0 Å². The highest BCUT2D eigenvalue weighted by atomic mass is 15.3. The number of aryl methyl sites for hydroxylation is 3. The summed E-state index contributed by atoms with van der Waals surface area (Å²) in [6.07, 6.45) is 1.95. The van der Waals surface area contributed by atoms with Crippen LogP contribution in [-0.4, -0.2) is 21.3 Å². The molecule has 0 radical (unpaired) electrons. The molecule has 0 saturated heterocycles. The van der Waals surface area contributed by atoms with Crippen molar-refractivity contribution in [2.24, 2.45) is 0 Å². The minimum absolute atomic E-state index is 0.152. The maximum Gasteiger partial charge on any atom is 0.0763 e. The average molecular weight is 258 g/mol. The van der Waals surface area contributed by atoms with E-state index < -0.39 is 0 Å².